The molecule has 1 N–H and O–H groups in total. The van der Waals surface area contributed by atoms with Crippen molar-refractivity contribution >= 4 is 16.7 Å². The van der Waals surface area contributed by atoms with Gasteiger partial charge in [0, 0.05) is 50.9 Å². The lowest BCUT2D eigenvalue weighted by atomic mass is 9.99. The lowest BCUT2D eigenvalue weighted by molar-refractivity contribution is 0.0343. The van der Waals surface area contributed by atoms with E-state index in [0.29, 0.717) is 0 Å². The number of amides is 1. The summed E-state index contributed by atoms with van der Waals surface area (Å²) in [5.41, 5.74) is 1.99. The molecular weight excluding hydrogens is 338 g/mol. The minimum atomic E-state index is 0.0474. The number of rotatable bonds is 5. The molecule has 2 saturated heterocycles. The average molecular weight is 367 g/mol. The molecule has 27 heavy (non-hydrogen) atoms. The first-order valence-corrected chi connectivity index (χ1v) is 10.0. The SMILES string of the molecule is Cc1ccc(C(=O)NC2CCN(CCN3CCOCC3)C2)c2ccccc12. The van der Waals surface area contributed by atoms with Crippen LogP contribution in [0.2, 0.25) is 0 Å². The highest BCUT2D eigenvalue weighted by atomic mass is 16.5. The molecular formula is C22H29N3O2. The van der Waals surface area contributed by atoms with E-state index in [1.807, 2.05) is 30.3 Å². The van der Waals surface area contributed by atoms with E-state index in [2.05, 4.69) is 28.1 Å². The molecule has 0 saturated carbocycles. The topological polar surface area (TPSA) is 44.8 Å². The highest BCUT2D eigenvalue weighted by Crippen LogP contribution is 2.22. The highest BCUT2D eigenvalue weighted by molar-refractivity contribution is 6.07. The highest BCUT2D eigenvalue weighted by Gasteiger charge is 2.25. The summed E-state index contributed by atoms with van der Waals surface area (Å²) in [7, 11) is 0. The van der Waals surface area contributed by atoms with Crippen molar-refractivity contribution in [2.75, 3.05) is 52.5 Å². The Hall–Kier alpha value is -1.95. The Kier molecular flexibility index (Phi) is 5.72. The van der Waals surface area contributed by atoms with E-state index in [0.717, 1.165) is 75.2 Å². The number of carbonyl (C=O) groups excluding carboxylic acids is 1. The molecule has 2 heterocycles. The number of fused-ring (bicyclic) bond motifs is 1. The third-order valence-electron chi connectivity index (χ3n) is 5.83. The Morgan fingerprint density at radius 2 is 1.78 bits per heavy atom. The van der Waals surface area contributed by atoms with E-state index < -0.39 is 0 Å². The number of nitrogens with zero attached hydrogens (tertiary/aromatic N) is 2. The van der Waals surface area contributed by atoms with Crippen molar-refractivity contribution in [2.45, 2.75) is 19.4 Å². The summed E-state index contributed by atoms with van der Waals surface area (Å²) in [6.07, 6.45) is 1.03. The molecule has 2 fully saturated rings. The van der Waals surface area contributed by atoms with Crippen molar-refractivity contribution in [3.8, 4) is 0 Å². The lowest BCUT2D eigenvalue weighted by Crippen LogP contribution is -2.42. The molecule has 1 unspecified atom stereocenters. The summed E-state index contributed by atoms with van der Waals surface area (Å²) in [6, 6.07) is 12.4. The number of hydrogen-bond acceptors (Lipinski definition) is 4. The molecule has 5 nitrogen and oxygen atoms in total. The quantitative estimate of drug-likeness (QED) is 0.881. The van der Waals surface area contributed by atoms with Crippen LogP contribution in [0.25, 0.3) is 10.8 Å². The Bertz CT molecular complexity index is 801. The van der Waals surface area contributed by atoms with Gasteiger partial charge in [-0.15, -0.1) is 0 Å². The van der Waals surface area contributed by atoms with Gasteiger partial charge in [0.1, 0.15) is 0 Å². The van der Waals surface area contributed by atoms with Gasteiger partial charge in [0.05, 0.1) is 13.2 Å². The lowest BCUT2D eigenvalue weighted by Gasteiger charge is -2.28. The number of benzene rings is 2. The molecule has 2 aromatic rings. The Morgan fingerprint density at radius 1 is 1.04 bits per heavy atom. The summed E-state index contributed by atoms with van der Waals surface area (Å²) in [6.45, 7) is 10.0. The van der Waals surface area contributed by atoms with Crippen molar-refractivity contribution in [2.24, 2.45) is 0 Å². The minimum Gasteiger partial charge on any atom is -0.379 e. The normalized spacial score (nSPS) is 21.6. The van der Waals surface area contributed by atoms with Gasteiger partial charge in [-0.1, -0.05) is 30.3 Å². The van der Waals surface area contributed by atoms with Crippen LogP contribution in [0.4, 0.5) is 0 Å². The third-order valence-corrected chi connectivity index (χ3v) is 5.83. The largest absolute Gasteiger partial charge is 0.379 e. The van der Waals surface area contributed by atoms with Gasteiger partial charge in [-0.05, 0) is 35.7 Å². The van der Waals surface area contributed by atoms with Crippen molar-refractivity contribution in [1.29, 1.82) is 0 Å². The minimum absolute atomic E-state index is 0.0474. The summed E-state index contributed by atoms with van der Waals surface area (Å²) in [4.78, 5) is 17.8. The monoisotopic (exact) mass is 367 g/mol. The van der Waals surface area contributed by atoms with Crippen LogP contribution >= 0.6 is 0 Å². The average Bonchev–Trinajstić information content (AvgIpc) is 3.15. The molecule has 2 aliphatic rings. The number of aryl methyl sites for hydroxylation is 1. The summed E-state index contributed by atoms with van der Waals surface area (Å²) in [5, 5.41) is 5.46. The van der Waals surface area contributed by atoms with Crippen LogP contribution in [0.15, 0.2) is 36.4 Å². The second kappa shape index (κ2) is 8.38. The van der Waals surface area contributed by atoms with E-state index in [4.69, 9.17) is 4.74 Å². The van der Waals surface area contributed by atoms with Crippen LogP contribution in [-0.4, -0.2) is 74.2 Å². The Balaban J connectivity index is 1.33. The fraction of sp³-hybridized carbons (Fsp3) is 0.500. The maximum absolute atomic E-state index is 12.9. The molecule has 144 valence electrons. The molecule has 1 atom stereocenters. The first-order valence-electron chi connectivity index (χ1n) is 10.0. The van der Waals surface area contributed by atoms with Gasteiger partial charge in [0.15, 0.2) is 0 Å². The summed E-state index contributed by atoms with van der Waals surface area (Å²) >= 11 is 0. The molecule has 0 spiro atoms. The molecule has 0 radical (unpaired) electrons. The molecule has 0 bridgehead atoms. The van der Waals surface area contributed by atoms with Crippen LogP contribution in [0.3, 0.4) is 0 Å². The van der Waals surface area contributed by atoms with Crippen molar-refractivity contribution in [1.82, 2.24) is 15.1 Å². The first kappa shape index (κ1) is 18.4. The second-order valence-corrected chi connectivity index (χ2v) is 7.69. The third kappa shape index (κ3) is 4.32. The van der Waals surface area contributed by atoms with Gasteiger partial charge in [-0.25, -0.2) is 0 Å². The van der Waals surface area contributed by atoms with Gasteiger partial charge in [0.25, 0.3) is 5.91 Å². The van der Waals surface area contributed by atoms with E-state index in [9.17, 15) is 4.79 Å². The molecule has 5 heteroatoms. The Labute approximate surface area is 161 Å². The van der Waals surface area contributed by atoms with Crippen LogP contribution in [0, 0.1) is 6.92 Å². The van der Waals surface area contributed by atoms with E-state index in [-0.39, 0.29) is 11.9 Å². The predicted octanol–water partition coefficient (Wildman–Crippen LogP) is 2.28. The number of ether oxygens (including phenoxy) is 1. The van der Waals surface area contributed by atoms with Gasteiger partial charge in [0.2, 0.25) is 0 Å². The molecule has 2 aliphatic heterocycles. The number of nitrogens with one attached hydrogen (secondary N) is 1. The van der Waals surface area contributed by atoms with Gasteiger partial charge >= 0.3 is 0 Å². The first-order chi connectivity index (χ1) is 13.2. The number of hydrogen-bond donors (Lipinski definition) is 1. The molecule has 0 aromatic heterocycles. The molecule has 1 amide bonds. The predicted molar refractivity (Wildman–Crippen MR) is 108 cm³/mol. The summed E-state index contributed by atoms with van der Waals surface area (Å²) in [5.74, 6) is 0.0474. The standard InChI is InChI=1S/C22H29N3O2/c1-17-6-7-21(20-5-3-2-4-19(17)20)22(26)23-18-8-9-25(16-18)11-10-24-12-14-27-15-13-24/h2-7,18H,8-16H2,1H3,(H,23,26). The zero-order valence-electron chi connectivity index (χ0n) is 16.1. The number of carbonyl (C=O) groups is 1. The van der Waals surface area contributed by atoms with Gasteiger partial charge in [-0.2, -0.15) is 0 Å². The van der Waals surface area contributed by atoms with Gasteiger partial charge in [-0.3, -0.25) is 14.6 Å². The molecule has 0 aliphatic carbocycles. The fourth-order valence-corrected chi connectivity index (χ4v) is 4.17. The van der Waals surface area contributed by atoms with Crippen LogP contribution in [0.1, 0.15) is 22.3 Å². The second-order valence-electron chi connectivity index (χ2n) is 7.69. The molecule has 2 aromatic carbocycles. The summed E-state index contributed by atoms with van der Waals surface area (Å²) < 4.78 is 5.41. The smallest absolute Gasteiger partial charge is 0.252 e. The van der Waals surface area contributed by atoms with E-state index >= 15 is 0 Å². The zero-order chi connectivity index (χ0) is 18.6. The number of likely N-dealkylation sites (tertiary alicyclic amines) is 1. The fourth-order valence-electron chi connectivity index (χ4n) is 4.17. The van der Waals surface area contributed by atoms with Crippen LogP contribution in [0.5, 0.6) is 0 Å². The van der Waals surface area contributed by atoms with E-state index in [1.165, 1.54) is 5.56 Å². The van der Waals surface area contributed by atoms with Crippen molar-refractivity contribution in [3.63, 3.8) is 0 Å². The van der Waals surface area contributed by atoms with Crippen molar-refractivity contribution in [3.05, 3.63) is 47.5 Å². The number of morpholine rings is 1. The van der Waals surface area contributed by atoms with Crippen LogP contribution < -0.4 is 5.32 Å². The van der Waals surface area contributed by atoms with Crippen molar-refractivity contribution < 1.29 is 9.53 Å². The zero-order valence-corrected chi connectivity index (χ0v) is 16.1. The van der Waals surface area contributed by atoms with Crippen LogP contribution in [-0.2, 0) is 4.74 Å². The van der Waals surface area contributed by atoms with Gasteiger partial charge < -0.3 is 10.1 Å². The molecule has 4 rings (SSSR count). The maximum atomic E-state index is 12.9. The maximum Gasteiger partial charge on any atom is 0.252 e. The Morgan fingerprint density at radius 3 is 2.59 bits per heavy atom. The van der Waals surface area contributed by atoms with E-state index in [1.54, 1.807) is 0 Å².